The second-order valence-corrected chi connectivity index (χ2v) is 3.75. The van der Waals surface area contributed by atoms with Crippen LogP contribution in [0.3, 0.4) is 0 Å². The highest BCUT2D eigenvalue weighted by Crippen LogP contribution is 2.21. The molecule has 0 radical (unpaired) electrons. The Labute approximate surface area is 73.7 Å². The molecule has 1 aliphatic rings. The summed E-state index contributed by atoms with van der Waals surface area (Å²) >= 11 is 0. The maximum absolute atomic E-state index is 10.9. The highest BCUT2D eigenvalue weighted by Gasteiger charge is 2.27. The van der Waals surface area contributed by atoms with Gasteiger partial charge in [0.2, 0.25) is 5.91 Å². The van der Waals surface area contributed by atoms with Gasteiger partial charge in [0.05, 0.1) is 0 Å². The van der Waals surface area contributed by atoms with Crippen LogP contribution in [-0.2, 0) is 4.79 Å². The third-order valence-corrected chi connectivity index (χ3v) is 2.97. The number of nitrogens with one attached hydrogen (secondary N) is 1. The Morgan fingerprint density at radius 3 is 2.67 bits per heavy atom. The van der Waals surface area contributed by atoms with Gasteiger partial charge in [-0.2, -0.15) is 0 Å². The van der Waals surface area contributed by atoms with Crippen LogP contribution in [0.25, 0.3) is 0 Å². The Balaban J connectivity index is 2.44. The molecule has 0 spiro atoms. The Morgan fingerprint density at radius 2 is 2.25 bits per heavy atom. The highest BCUT2D eigenvalue weighted by atomic mass is 16.1. The average molecular weight is 170 g/mol. The summed E-state index contributed by atoms with van der Waals surface area (Å²) in [6.07, 6.45) is 2.40. The molecule has 0 bridgehead atoms. The third kappa shape index (κ3) is 1.97. The van der Waals surface area contributed by atoms with E-state index in [0.29, 0.717) is 12.0 Å². The van der Waals surface area contributed by atoms with Gasteiger partial charge in [0.15, 0.2) is 0 Å². The van der Waals surface area contributed by atoms with Crippen LogP contribution >= 0.6 is 0 Å². The van der Waals surface area contributed by atoms with Crippen molar-refractivity contribution in [2.45, 2.75) is 32.7 Å². The lowest BCUT2D eigenvalue weighted by Crippen LogP contribution is -2.37. The molecule has 0 aromatic carbocycles. The van der Waals surface area contributed by atoms with E-state index in [0.717, 1.165) is 6.54 Å². The van der Waals surface area contributed by atoms with Gasteiger partial charge in [0.25, 0.3) is 0 Å². The zero-order chi connectivity index (χ0) is 9.14. The van der Waals surface area contributed by atoms with Crippen LogP contribution in [0.4, 0.5) is 0 Å². The van der Waals surface area contributed by atoms with E-state index in [1.807, 2.05) is 6.92 Å². The summed E-state index contributed by atoms with van der Waals surface area (Å²) < 4.78 is 0. The van der Waals surface area contributed by atoms with Crippen molar-refractivity contribution in [1.29, 1.82) is 0 Å². The van der Waals surface area contributed by atoms with E-state index in [4.69, 9.17) is 5.73 Å². The van der Waals surface area contributed by atoms with Crippen molar-refractivity contribution in [3.8, 4) is 0 Å². The van der Waals surface area contributed by atoms with Crippen molar-refractivity contribution in [3.63, 3.8) is 0 Å². The van der Waals surface area contributed by atoms with Crippen molar-refractivity contribution in [2.24, 2.45) is 17.6 Å². The molecule has 1 saturated heterocycles. The molecule has 0 saturated carbocycles. The van der Waals surface area contributed by atoms with Gasteiger partial charge in [-0.25, -0.2) is 0 Å². The summed E-state index contributed by atoms with van der Waals surface area (Å²) in [7, 11) is 0. The first-order chi connectivity index (χ1) is 5.63. The normalized spacial score (nSPS) is 28.3. The first-order valence-electron chi connectivity index (χ1n) is 4.65. The SMILES string of the molecule is C[C@@H]([C@@H]1CCCN1)[C@@H](C)C(N)=O. The lowest BCUT2D eigenvalue weighted by Gasteiger charge is -2.23. The molecule has 70 valence electrons. The molecule has 12 heavy (non-hydrogen) atoms. The van der Waals surface area contributed by atoms with Crippen molar-refractivity contribution >= 4 is 5.91 Å². The second-order valence-electron chi connectivity index (χ2n) is 3.75. The molecule has 1 heterocycles. The maximum Gasteiger partial charge on any atom is 0.220 e. The summed E-state index contributed by atoms with van der Waals surface area (Å²) in [6, 6.07) is 0.493. The fourth-order valence-corrected chi connectivity index (χ4v) is 1.77. The van der Waals surface area contributed by atoms with Gasteiger partial charge in [-0.1, -0.05) is 13.8 Å². The van der Waals surface area contributed by atoms with Crippen LogP contribution in [0, 0.1) is 11.8 Å². The van der Waals surface area contributed by atoms with Gasteiger partial charge in [0, 0.05) is 12.0 Å². The average Bonchev–Trinajstić information content (AvgIpc) is 2.53. The predicted molar refractivity (Wildman–Crippen MR) is 48.5 cm³/mol. The van der Waals surface area contributed by atoms with Gasteiger partial charge >= 0.3 is 0 Å². The number of carbonyl (C=O) groups excluding carboxylic acids is 1. The second kappa shape index (κ2) is 3.90. The molecule has 3 nitrogen and oxygen atoms in total. The van der Waals surface area contributed by atoms with Crippen molar-refractivity contribution in [1.82, 2.24) is 5.32 Å². The van der Waals surface area contributed by atoms with Crippen LogP contribution in [0.15, 0.2) is 0 Å². The summed E-state index contributed by atoms with van der Waals surface area (Å²) in [6.45, 7) is 5.09. The van der Waals surface area contributed by atoms with E-state index < -0.39 is 0 Å². The largest absolute Gasteiger partial charge is 0.369 e. The standard InChI is InChI=1S/C9H18N2O/c1-6(7(2)9(10)12)8-4-3-5-11-8/h6-8,11H,3-5H2,1-2H3,(H2,10,12)/t6-,7-,8+/m1/s1. The monoisotopic (exact) mass is 170 g/mol. The van der Waals surface area contributed by atoms with Crippen LogP contribution in [-0.4, -0.2) is 18.5 Å². The Morgan fingerprint density at radius 1 is 1.58 bits per heavy atom. The molecule has 0 unspecified atom stereocenters. The van der Waals surface area contributed by atoms with Crippen LogP contribution in [0.5, 0.6) is 0 Å². The van der Waals surface area contributed by atoms with Crippen molar-refractivity contribution < 1.29 is 4.79 Å². The van der Waals surface area contributed by atoms with Gasteiger partial charge in [-0.3, -0.25) is 4.79 Å². The fraction of sp³-hybridized carbons (Fsp3) is 0.889. The third-order valence-electron chi connectivity index (χ3n) is 2.97. The lowest BCUT2D eigenvalue weighted by molar-refractivity contribution is -0.122. The zero-order valence-electron chi connectivity index (χ0n) is 7.84. The number of primary amides is 1. The van der Waals surface area contributed by atoms with E-state index >= 15 is 0 Å². The molecule has 1 amide bonds. The van der Waals surface area contributed by atoms with Crippen molar-refractivity contribution in [3.05, 3.63) is 0 Å². The summed E-state index contributed by atoms with van der Waals surface area (Å²) in [4.78, 5) is 10.9. The molecular weight excluding hydrogens is 152 g/mol. The number of rotatable bonds is 3. The number of carbonyl (C=O) groups is 1. The molecule has 3 heteroatoms. The Hall–Kier alpha value is -0.570. The van der Waals surface area contributed by atoms with Crippen LogP contribution in [0.1, 0.15) is 26.7 Å². The molecule has 0 aromatic rings. The number of nitrogens with two attached hydrogens (primary N) is 1. The van der Waals surface area contributed by atoms with E-state index in [1.165, 1.54) is 12.8 Å². The van der Waals surface area contributed by atoms with Crippen molar-refractivity contribution in [2.75, 3.05) is 6.54 Å². The number of amides is 1. The smallest absolute Gasteiger partial charge is 0.220 e. The van der Waals surface area contributed by atoms with E-state index in [-0.39, 0.29) is 11.8 Å². The first kappa shape index (κ1) is 9.52. The molecule has 1 aliphatic heterocycles. The van der Waals surface area contributed by atoms with Gasteiger partial charge in [0.1, 0.15) is 0 Å². The van der Waals surface area contributed by atoms with E-state index in [9.17, 15) is 4.79 Å². The molecule has 0 aliphatic carbocycles. The minimum atomic E-state index is -0.184. The van der Waals surface area contributed by atoms with E-state index in [1.54, 1.807) is 0 Å². The highest BCUT2D eigenvalue weighted by molar-refractivity contribution is 5.76. The van der Waals surface area contributed by atoms with Gasteiger partial charge in [-0.15, -0.1) is 0 Å². The Bertz CT molecular complexity index is 164. The summed E-state index contributed by atoms with van der Waals surface area (Å²) in [5, 5.41) is 3.38. The Kier molecular flexibility index (Phi) is 3.09. The minimum absolute atomic E-state index is 0.0133. The van der Waals surface area contributed by atoms with Gasteiger partial charge < -0.3 is 11.1 Å². The van der Waals surface area contributed by atoms with Crippen LogP contribution < -0.4 is 11.1 Å². The molecule has 1 fully saturated rings. The minimum Gasteiger partial charge on any atom is -0.369 e. The molecule has 3 N–H and O–H groups in total. The predicted octanol–water partition coefficient (Wildman–Crippen LogP) is 0.496. The fourth-order valence-electron chi connectivity index (χ4n) is 1.77. The van der Waals surface area contributed by atoms with E-state index in [2.05, 4.69) is 12.2 Å². The molecule has 1 rings (SSSR count). The molecule has 3 atom stereocenters. The number of hydrogen-bond acceptors (Lipinski definition) is 2. The summed E-state index contributed by atoms with van der Waals surface area (Å²) in [5.74, 6) is 0.168. The molecular formula is C9H18N2O. The first-order valence-corrected chi connectivity index (χ1v) is 4.65. The summed E-state index contributed by atoms with van der Waals surface area (Å²) in [5.41, 5.74) is 5.24. The topological polar surface area (TPSA) is 55.1 Å². The lowest BCUT2D eigenvalue weighted by atomic mass is 9.88. The number of hydrogen-bond donors (Lipinski definition) is 2. The van der Waals surface area contributed by atoms with Crippen LogP contribution in [0.2, 0.25) is 0 Å². The van der Waals surface area contributed by atoms with Gasteiger partial charge in [-0.05, 0) is 25.3 Å². The maximum atomic E-state index is 10.9. The zero-order valence-corrected chi connectivity index (χ0v) is 7.84. The quantitative estimate of drug-likeness (QED) is 0.648. The molecule has 0 aromatic heterocycles.